The van der Waals surface area contributed by atoms with Crippen molar-refractivity contribution in [2.24, 2.45) is 0 Å². The molecule has 2 heterocycles. The van der Waals surface area contributed by atoms with Gasteiger partial charge in [0, 0.05) is 43.3 Å². The Bertz CT molecular complexity index is 769. The molecule has 2 aromatic rings. The first-order valence-corrected chi connectivity index (χ1v) is 8.79. The van der Waals surface area contributed by atoms with Crippen LogP contribution in [0.2, 0.25) is 5.02 Å². The predicted octanol–water partition coefficient (Wildman–Crippen LogP) is 0.867. The highest BCUT2D eigenvalue weighted by molar-refractivity contribution is 6.30. The van der Waals surface area contributed by atoms with E-state index in [0.29, 0.717) is 43.6 Å². The molecular formula is C16H20ClN7O2. The SMILES string of the molecule is CCNC(=O)N1CCN(C(=O)Cn2nnc(-c3ccc(Cl)cc3)n2)CC1. The van der Waals surface area contributed by atoms with Gasteiger partial charge >= 0.3 is 6.03 Å². The van der Waals surface area contributed by atoms with Crippen LogP contribution >= 0.6 is 11.6 Å². The van der Waals surface area contributed by atoms with Gasteiger partial charge in [-0.15, -0.1) is 10.2 Å². The fraction of sp³-hybridized carbons (Fsp3) is 0.438. The Hall–Kier alpha value is -2.68. The first-order chi connectivity index (χ1) is 12.6. The molecule has 0 spiro atoms. The number of aromatic nitrogens is 4. The van der Waals surface area contributed by atoms with E-state index in [1.807, 2.05) is 6.92 Å². The quantitative estimate of drug-likeness (QED) is 0.852. The van der Waals surface area contributed by atoms with Gasteiger partial charge in [0.15, 0.2) is 0 Å². The highest BCUT2D eigenvalue weighted by atomic mass is 35.5. The molecule has 1 aliphatic heterocycles. The lowest BCUT2D eigenvalue weighted by Crippen LogP contribution is -2.53. The molecular weight excluding hydrogens is 358 g/mol. The standard InChI is InChI=1S/C16H20ClN7O2/c1-2-18-16(26)23-9-7-22(8-10-23)14(25)11-24-20-15(19-21-24)12-3-5-13(17)6-4-12/h3-6H,2,7-11H2,1H3,(H,18,26). The van der Waals surface area contributed by atoms with E-state index in [0.717, 1.165) is 5.56 Å². The van der Waals surface area contributed by atoms with Crippen molar-refractivity contribution < 1.29 is 9.59 Å². The number of carbonyl (C=O) groups excluding carboxylic acids is 2. The molecule has 1 aromatic heterocycles. The maximum absolute atomic E-state index is 12.4. The Kier molecular flexibility index (Phi) is 5.67. The van der Waals surface area contributed by atoms with Gasteiger partial charge in [-0.25, -0.2) is 4.79 Å². The summed E-state index contributed by atoms with van der Waals surface area (Å²) in [6.07, 6.45) is 0. The molecule has 0 saturated carbocycles. The summed E-state index contributed by atoms with van der Waals surface area (Å²) in [5.74, 6) is 0.344. The second-order valence-corrected chi connectivity index (χ2v) is 6.29. The minimum absolute atomic E-state index is 0.0156. The van der Waals surface area contributed by atoms with Crippen LogP contribution in [0.15, 0.2) is 24.3 Å². The fourth-order valence-corrected chi connectivity index (χ4v) is 2.79. The van der Waals surface area contributed by atoms with Gasteiger partial charge in [-0.1, -0.05) is 11.6 Å². The van der Waals surface area contributed by atoms with Crippen LogP contribution in [0.4, 0.5) is 4.79 Å². The van der Waals surface area contributed by atoms with E-state index in [1.54, 1.807) is 34.1 Å². The molecule has 0 unspecified atom stereocenters. The van der Waals surface area contributed by atoms with Crippen molar-refractivity contribution in [2.75, 3.05) is 32.7 Å². The number of hydrogen-bond donors (Lipinski definition) is 1. The Labute approximate surface area is 155 Å². The average molecular weight is 378 g/mol. The number of nitrogens with one attached hydrogen (secondary N) is 1. The molecule has 26 heavy (non-hydrogen) atoms. The predicted molar refractivity (Wildman–Crippen MR) is 95.5 cm³/mol. The summed E-state index contributed by atoms with van der Waals surface area (Å²) in [6.45, 7) is 4.49. The summed E-state index contributed by atoms with van der Waals surface area (Å²) < 4.78 is 0. The van der Waals surface area contributed by atoms with Crippen LogP contribution in [0.25, 0.3) is 11.4 Å². The third-order valence-corrected chi connectivity index (χ3v) is 4.33. The van der Waals surface area contributed by atoms with Gasteiger partial charge in [0.2, 0.25) is 11.7 Å². The van der Waals surface area contributed by atoms with Gasteiger partial charge < -0.3 is 15.1 Å². The number of urea groups is 1. The van der Waals surface area contributed by atoms with Gasteiger partial charge in [-0.05, 0) is 36.4 Å². The van der Waals surface area contributed by atoms with E-state index in [4.69, 9.17) is 11.6 Å². The molecule has 1 saturated heterocycles. The molecule has 1 fully saturated rings. The second kappa shape index (κ2) is 8.13. The molecule has 0 radical (unpaired) electrons. The van der Waals surface area contributed by atoms with Crippen molar-refractivity contribution >= 4 is 23.5 Å². The van der Waals surface area contributed by atoms with Crippen LogP contribution in [0.1, 0.15) is 6.92 Å². The van der Waals surface area contributed by atoms with Crippen molar-refractivity contribution in [3.63, 3.8) is 0 Å². The lowest BCUT2D eigenvalue weighted by molar-refractivity contribution is -0.133. The molecule has 1 N–H and O–H groups in total. The molecule has 9 nitrogen and oxygen atoms in total. The smallest absolute Gasteiger partial charge is 0.317 e. The summed E-state index contributed by atoms with van der Waals surface area (Å²) in [6, 6.07) is 7.00. The average Bonchev–Trinajstić information content (AvgIpc) is 3.11. The van der Waals surface area contributed by atoms with Gasteiger partial charge in [0.25, 0.3) is 0 Å². The topological polar surface area (TPSA) is 96.2 Å². The molecule has 10 heteroatoms. The number of piperazine rings is 1. The highest BCUT2D eigenvalue weighted by Crippen LogP contribution is 2.17. The normalized spacial score (nSPS) is 14.4. The molecule has 3 rings (SSSR count). The summed E-state index contributed by atoms with van der Waals surface area (Å²) in [4.78, 5) is 28.9. The summed E-state index contributed by atoms with van der Waals surface area (Å²) >= 11 is 5.87. The number of hydrogen-bond acceptors (Lipinski definition) is 5. The van der Waals surface area contributed by atoms with E-state index in [-0.39, 0.29) is 18.5 Å². The van der Waals surface area contributed by atoms with E-state index in [9.17, 15) is 9.59 Å². The molecule has 0 aliphatic carbocycles. The third-order valence-electron chi connectivity index (χ3n) is 4.08. The van der Waals surface area contributed by atoms with Crippen LogP contribution in [0.3, 0.4) is 0 Å². The van der Waals surface area contributed by atoms with Crippen molar-refractivity contribution in [2.45, 2.75) is 13.5 Å². The van der Waals surface area contributed by atoms with E-state index in [1.165, 1.54) is 4.80 Å². The lowest BCUT2D eigenvalue weighted by Gasteiger charge is -2.34. The monoisotopic (exact) mass is 377 g/mol. The largest absolute Gasteiger partial charge is 0.338 e. The van der Waals surface area contributed by atoms with Crippen molar-refractivity contribution in [3.05, 3.63) is 29.3 Å². The number of halogens is 1. The van der Waals surface area contributed by atoms with E-state index < -0.39 is 0 Å². The first kappa shape index (κ1) is 18.1. The summed E-state index contributed by atoms with van der Waals surface area (Å²) in [7, 11) is 0. The van der Waals surface area contributed by atoms with Gasteiger partial charge in [-0.2, -0.15) is 4.80 Å². The number of nitrogens with zero attached hydrogens (tertiary/aromatic N) is 6. The third kappa shape index (κ3) is 4.29. The lowest BCUT2D eigenvalue weighted by atomic mass is 10.2. The minimum Gasteiger partial charge on any atom is -0.338 e. The molecule has 3 amide bonds. The Morgan fingerprint density at radius 1 is 1.12 bits per heavy atom. The van der Waals surface area contributed by atoms with Crippen LogP contribution in [-0.4, -0.2) is 74.7 Å². The highest BCUT2D eigenvalue weighted by Gasteiger charge is 2.24. The molecule has 1 aliphatic rings. The van der Waals surface area contributed by atoms with Gasteiger partial charge in [0.1, 0.15) is 6.54 Å². The van der Waals surface area contributed by atoms with Crippen LogP contribution in [0.5, 0.6) is 0 Å². The molecule has 0 atom stereocenters. The summed E-state index contributed by atoms with van der Waals surface area (Å²) in [5.41, 5.74) is 0.781. The zero-order valence-corrected chi connectivity index (χ0v) is 15.2. The fourth-order valence-electron chi connectivity index (χ4n) is 2.67. The van der Waals surface area contributed by atoms with Crippen LogP contribution < -0.4 is 5.32 Å². The van der Waals surface area contributed by atoms with E-state index in [2.05, 4.69) is 20.7 Å². The van der Waals surface area contributed by atoms with Gasteiger partial charge in [-0.3, -0.25) is 4.79 Å². The maximum atomic E-state index is 12.4. The number of carbonyl (C=O) groups is 2. The van der Waals surface area contributed by atoms with E-state index >= 15 is 0 Å². The number of amides is 3. The Morgan fingerprint density at radius 3 is 2.42 bits per heavy atom. The van der Waals surface area contributed by atoms with Crippen molar-refractivity contribution in [1.82, 2.24) is 35.3 Å². The number of tetrazole rings is 1. The Morgan fingerprint density at radius 2 is 1.77 bits per heavy atom. The molecule has 138 valence electrons. The van der Waals surface area contributed by atoms with Gasteiger partial charge in [0.05, 0.1) is 0 Å². The molecule has 0 bridgehead atoms. The Balaban J connectivity index is 1.54. The number of rotatable bonds is 4. The van der Waals surface area contributed by atoms with Crippen molar-refractivity contribution in [1.29, 1.82) is 0 Å². The maximum Gasteiger partial charge on any atom is 0.317 e. The zero-order chi connectivity index (χ0) is 18.5. The number of benzene rings is 1. The summed E-state index contributed by atoms with van der Waals surface area (Å²) in [5, 5.41) is 15.5. The van der Waals surface area contributed by atoms with Crippen molar-refractivity contribution in [3.8, 4) is 11.4 Å². The second-order valence-electron chi connectivity index (χ2n) is 5.85. The molecule has 1 aromatic carbocycles. The van der Waals surface area contributed by atoms with Crippen LogP contribution in [0, 0.1) is 0 Å². The zero-order valence-electron chi connectivity index (χ0n) is 14.4. The minimum atomic E-state index is -0.0967. The van der Waals surface area contributed by atoms with Crippen LogP contribution in [-0.2, 0) is 11.3 Å². The first-order valence-electron chi connectivity index (χ1n) is 8.41.